The van der Waals surface area contributed by atoms with Gasteiger partial charge in [0, 0.05) is 45.3 Å². The van der Waals surface area contributed by atoms with Gasteiger partial charge in [-0.2, -0.15) is 0 Å². The zero-order valence-electron chi connectivity index (χ0n) is 16.7. The number of ether oxygens (including phenoxy) is 1. The molecule has 1 unspecified atom stereocenters. The summed E-state index contributed by atoms with van der Waals surface area (Å²) >= 11 is 1.40. The minimum atomic E-state index is -0.233. The summed E-state index contributed by atoms with van der Waals surface area (Å²) < 4.78 is 5.08. The fourth-order valence-corrected chi connectivity index (χ4v) is 4.72. The summed E-state index contributed by atoms with van der Waals surface area (Å²) in [6.07, 6.45) is 2.20. The predicted octanol–water partition coefficient (Wildman–Crippen LogP) is 2.26. The molecule has 1 aromatic rings. The van der Waals surface area contributed by atoms with Gasteiger partial charge in [-0.05, 0) is 43.7 Å². The molecule has 2 fully saturated rings. The number of amides is 2. The Bertz CT molecular complexity index is 712. The number of thiophene rings is 1. The molecule has 2 saturated heterocycles. The van der Waals surface area contributed by atoms with Crippen LogP contribution < -0.4 is 0 Å². The largest absolute Gasteiger partial charge is 0.450 e. The zero-order chi connectivity index (χ0) is 20.1. The molecule has 2 amide bonds. The van der Waals surface area contributed by atoms with E-state index in [2.05, 4.69) is 4.90 Å². The summed E-state index contributed by atoms with van der Waals surface area (Å²) in [5.41, 5.74) is 0.922. The molecule has 0 aliphatic carbocycles. The van der Waals surface area contributed by atoms with Crippen LogP contribution in [-0.2, 0) is 16.0 Å². The van der Waals surface area contributed by atoms with Gasteiger partial charge in [-0.15, -0.1) is 11.3 Å². The number of rotatable bonds is 5. The van der Waals surface area contributed by atoms with Gasteiger partial charge in [0.2, 0.25) is 5.91 Å². The maximum absolute atomic E-state index is 12.7. The summed E-state index contributed by atoms with van der Waals surface area (Å²) in [5, 5.41) is 1.91. The fraction of sp³-hybridized carbons (Fsp3) is 0.650. The molecule has 1 aromatic heterocycles. The van der Waals surface area contributed by atoms with Crippen molar-refractivity contribution in [1.29, 1.82) is 0 Å². The van der Waals surface area contributed by atoms with Crippen LogP contribution >= 0.6 is 11.3 Å². The van der Waals surface area contributed by atoms with E-state index in [9.17, 15) is 14.4 Å². The second-order valence-corrected chi connectivity index (χ2v) is 8.32. The van der Waals surface area contributed by atoms with Crippen LogP contribution in [0, 0.1) is 0 Å². The van der Waals surface area contributed by atoms with Crippen molar-refractivity contribution in [2.24, 2.45) is 0 Å². The monoisotopic (exact) mass is 407 g/mol. The van der Waals surface area contributed by atoms with Gasteiger partial charge in [-0.1, -0.05) is 0 Å². The molecule has 154 valence electrons. The van der Waals surface area contributed by atoms with Gasteiger partial charge >= 0.3 is 6.09 Å². The van der Waals surface area contributed by atoms with Crippen molar-refractivity contribution in [3.63, 3.8) is 0 Å². The Hall–Kier alpha value is -1.93. The first kappa shape index (κ1) is 20.8. The van der Waals surface area contributed by atoms with Gasteiger partial charge in [0.15, 0.2) is 5.78 Å². The normalized spacial score (nSPS) is 20.9. The first-order valence-electron chi connectivity index (χ1n) is 9.99. The van der Waals surface area contributed by atoms with Crippen LogP contribution in [0.1, 0.15) is 41.9 Å². The number of piperidine rings is 1. The Labute approximate surface area is 170 Å². The Balaban J connectivity index is 1.50. The van der Waals surface area contributed by atoms with Crippen LogP contribution in [-0.4, -0.2) is 84.4 Å². The molecular formula is C20H29N3O4S. The van der Waals surface area contributed by atoms with Gasteiger partial charge < -0.3 is 14.5 Å². The number of carbonyl (C=O) groups excluding carboxylic acids is 3. The third kappa shape index (κ3) is 5.11. The lowest BCUT2D eigenvalue weighted by Crippen LogP contribution is -2.56. The average Bonchev–Trinajstić information content (AvgIpc) is 3.17. The van der Waals surface area contributed by atoms with Crippen molar-refractivity contribution in [2.45, 2.75) is 39.2 Å². The molecular weight excluding hydrogens is 378 g/mol. The van der Waals surface area contributed by atoms with E-state index in [4.69, 9.17) is 4.74 Å². The molecule has 0 saturated carbocycles. The molecule has 8 heteroatoms. The lowest BCUT2D eigenvalue weighted by molar-refractivity contribution is -0.132. The molecule has 3 heterocycles. The molecule has 2 aliphatic heterocycles. The van der Waals surface area contributed by atoms with Crippen molar-refractivity contribution in [1.82, 2.24) is 14.7 Å². The zero-order valence-corrected chi connectivity index (χ0v) is 17.5. The van der Waals surface area contributed by atoms with E-state index in [1.54, 1.807) is 11.8 Å². The first-order chi connectivity index (χ1) is 13.5. The van der Waals surface area contributed by atoms with Gasteiger partial charge in [0.25, 0.3) is 0 Å². The van der Waals surface area contributed by atoms with Crippen molar-refractivity contribution in [3.05, 3.63) is 21.9 Å². The van der Waals surface area contributed by atoms with Crippen LogP contribution in [0.5, 0.6) is 0 Å². The number of nitrogens with zero attached hydrogens (tertiary/aromatic N) is 3. The fourth-order valence-electron chi connectivity index (χ4n) is 3.90. The molecule has 28 heavy (non-hydrogen) atoms. The van der Waals surface area contributed by atoms with E-state index in [-0.39, 0.29) is 17.8 Å². The Morgan fingerprint density at radius 1 is 1.14 bits per heavy atom. The van der Waals surface area contributed by atoms with Crippen LogP contribution in [0.3, 0.4) is 0 Å². The number of ketones is 1. The van der Waals surface area contributed by atoms with Crippen LogP contribution in [0.25, 0.3) is 0 Å². The van der Waals surface area contributed by atoms with E-state index in [1.165, 1.54) is 11.3 Å². The average molecular weight is 408 g/mol. The lowest BCUT2D eigenvalue weighted by atomic mass is 10.0. The second-order valence-electron chi connectivity index (χ2n) is 7.41. The van der Waals surface area contributed by atoms with Crippen molar-refractivity contribution in [3.8, 4) is 0 Å². The molecule has 0 radical (unpaired) electrons. The highest BCUT2D eigenvalue weighted by Gasteiger charge is 2.31. The number of likely N-dealkylation sites (tertiary alicyclic amines) is 1. The number of piperazine rings is 1. The Morgan fingerprint density at radius 3 is 2.54 bits per heavy atom. The van der Waals surface area contributed by atoms with Crippen molar-refractivity contribution < 1.29 is 19.1 Å². The van der Waals surface area contributed by atoms with Crippen LogP contribution in [0.2, 0.25) is 0 Å². The summed E-state index contributed by atoms with van der Waals surface area (Å²) in [5.74, 6) is 0.173. The topological polar surface area (TPSA) is 70.2 Å². The van der Waals surface area contributed by atoms with Crippen molar-refractivity contribution in [2.75, 3.05) is 45.9 Å². The number of carbonyl (C=O) groups is 3. The Morgan fingerprint density at radius 2 is 1.89 bits per heavy atom. The summed E-state index contributed by atoms with van der Waals surface area (Å²) in [4.78, 5) is 42.9. The molecule has 1 atom stereocenters. The standard InChI is InChI=1S/C20H29N3O4S/c1-3-27-20(26)22-9-7-21(8-10-22)17-5-4-6-23(13-17)19(25)12-16-11-18(15(2)24)28-14-16/h11,14,17H,3-10,12-13H2,1-2H3. The number of hydrogen-bond donors (Lipinski definition) is 0. The van der Waals surface area contributed by atoms with Gasteiger partial charge in [-0.3, -0.25) is 14.5 Å². The van der Waals surface area contributed by atoms with Crippen LogP contribution in [0.15, 0.2) is 11.4 Å². The highest BCUT2D eigenvalue weighted by molar-refractivity contribution is 7.12. The van der Waals surface area contributed by atoms with E-state index >= 15 is 0 Å². The maximum Gasteiger partial charge on any atom is 0.409 e. The predicted molar refractivity (Wildman–Crippen MR) is 108 cm³/mol. The van der Waals surface area contributed by atoms with Gasteiger partial charge in [0.1, 0.15) is 0 Å². The summed E-state index contributed by atoms with van der Waals surface area (Å²) in [6, 6.07) is 2.18. The van der Waals surface area contributed by atoms with E-state index in [0.29, 0.717) is 37.0 Å². The summed E-state index contributed by atoms with van der Waals surface area (Å²) in [6.45, 7) is 8.28. The van der Waals surface area contributed by atoms with E-state index in [0.717, 1.165) is 44.6 Å². The molecule has 0 spiro atoms. The first-order valence-corrected chi connectivity index (χ1v) is 10.9. The minimum Gasteiger partial charge on any atom is -0.450 e. The molecule has 0 N–H and O–H groups in total. The SMILES string of the molecule is CCOC(=O)N1CCN(C2CCCN(C(=O)Cc3csc(C(C)=O)c3)C2)CC1. The van der Waals surface area contributed by atoms with Crippen molar-refractivity contribution >= 4 is 29.1 Å². The summed E-state index contributed by atoms with van der Waals surface area (Å²) in [7, 11) is 0. The second kappa shape index (κ2) is 9.52. The quantitative estimate of drug-likeness (QED) is 0.701. The van der Waals surface area contributed by atoms with Crippen LogP contribution in [0.4, 0.5) is 4.79 Å². The molecule has 0 aromatic carbocycles. The highest BCUT2D eigenvalue weighted by Crippen LogP contribution is 2.21. The molecule has 0 bridgehead atoms. The highest BCUT2D eigenvalue weighted by atomic mass is 32.1. The molecule has 3 rings (SSSR count). The number of Topliss-reactive ketones (excluding diaryl/α,β-unsaturated/α-hetero) is 1. The molecule has 2 aliphatic rings. The number of hydrogen-bond acceptors (Lipinski definition) is 6. The van der Waals surface area contributed by atoms with E-state index < -0.39 is 0 Å². The lowest BCUT2D eigenvalue weighted by Gasteiger charge is -2.43. The third-order valence-corrected chi connectivity index (χ3v) is 6.54. The van der Waals surface area contributed by atoms with Gasteiger partial charge in [-0.25, -0.2) is 4.79 Å². The smallest absolute Gasteiger partial charge is 0.409 e. The maximum atomic E-state index is 12.7. The third-order valence-electron chi connectivity index (χ3n) is 5.46. The minimum absolute atomic E-state index is 0.0451. The Kier molecular flexibility index (Phi) is 7.07. The van der Waals surface area contributed by atoms with E-state index in [1.807, 2.05) is 23.3 Å². The molecule has 7 nitrogen and oxygen atoms in total. The van der Waals surface area contributed by atoms with Gasteiger partial charge in [0.05, 0.1) is 17.9 Å².